The van der Waals surface area contributed by atoms with Crippen molar-refractivity contribution >= 4 is 17.6 Å². The molecule has 1 N–H and O–H groups in total. The molecule has 2 aliphatic rings. The highest BCUT2D eigenvalue weighted by molar-refractivity contribution is 5.94. The monoisotopic (exact) mass is 433 g/mol. The van der Waals surface area contributed by atoms with E-state index in [0.29, 0.717) is 6.54 Å². The Balaban J connectivity index is 1.40. The summed E-state index contributed by atoms with van der Waals surface area (Å²) < 4.78 is 0. The summed E-state index contributed by atoms with van der Waals surface area (Å²) >= 11 is 0. The lowest BCUT2D eigenvalue weighted by atomic mass is 9.89. The second-order valence-electron chi connectivity index (χ2n) is 9.10. The van der Waals surface area contributed by atoms with Crippen LogP contribution in [0.15, 0.2) is 48.5 Å². The average Bonchev–Trinajstić information content (AvgIpc) is 3.14. The van der Waals surface area contributed by atoms with Crippen molar-refractivity contribution < 1.29 is 9.59 Å². The van der Waals surface area contributed by atoms with Crippen LogP contribution < -0.4 is 5.32 Å². The van der Waals surface area contributed by atoms with Gasteiger partial charge in [0.05, 0.1) is 0 Å². The number of anilines is 1. The van der Waals surface area contributed by atoms with Gasteiger partial charge in [-0.3, -0.25) is 4.79 Å². The molecule has 0 spiro atoms. The standard InChI is InChI=1S/C27H35N3O2/c1-2-21-12-14-25(15-13-21)28-27(32)30-18-8-11-24(20-30)22-9-7-10-23(19-22)26(31)29-16-5-3-4-6-17-29/h7,9-10,12-15,19,24H,2-6,8,11,16-18,20H2,1H3,(H,28,32). The summed E-state index contributed by atoms with van der Waals surface area (Å²) in [6, 6.07) is 16.1. The summed E-state index contributed by atoms with van der Waals surface area (Å²) in [5, 5.41) is 3.04. The second kappa shape index (κ2) is 10.7. The summed E-state index contributed by atoms with van der Waals surface area (Å²) in [4.78, 5) is 29.8. The van der Waals surface area contributed by atoms with E-state index in [0.717, 1.165) is 68.6 Å². The van der Waals surface area contributed by atoms with E-state index >= 15 is 0 Å². The Morgan fingerprint density at radius 2 is 1.62 bits per heavy atom. The topological polar surface area (TPSA) is 52.7 Å². The molecule has 2 aromatic carbocycles. The van der Waals surface area contributed by atoms with Crippen molar-refractivity contribution in [3.63, 3.8) is 0 Å². The van der Waals surface area contributed by atoms with Crippen molar-refractivity contribution in [2.75, 3.05) is 31.5 Å². The highest BCUT2D eigenvalue weighted by atomic mass is 16.2. The number of amides is 3. The van der Waals surface area contributed by atoms with E-state index in [9.17, 15) is 9.59 Å². The van der Waals surface area contributed by atoms with E-state index in [1.807, 2.05) is 34.1 Å². The van der Waals surface area contributed by atoms with E-state index in [-0.39, 0.29) is 17.9 Å². The van der Waals surface area contributed by atoms with Gasteiger partial charge in [0.25, 0.3) is 5.91 Å². The van der Waals surface area contributed by atoms with Crippen molar-refractivity contribution in [1.82, 2.24) is 9.80 Å². The molecular weight excluding hydrogens is 398 g/mol. The highest BCUT2D eigenvalue weighted by Crippen LogP contribution is 2.28. The van der Waals surface area contributed by atoms with Crippen molar-refractivity contribution in [3.05, 3.63) is 65.2 Å². The quantitative estimate of drug-likeness (QED) is 0.675. The first-order valence-corrected chi connectivity index (χ1v) is 12.2. The van der Waals surface area contributed by atoms with Gasteiger partial charge in [0.2, 0.25) is 0 Å². The van der Waals surface area contributed by atoms with E-state index < -0.39 is 0 Å². The number of urea groups is 1. The van der Waals surface area contributed by atoms with Crippen LogP contribution in [0, 0.1) is 0 Å². The number of likely N-dealkylation sites (tertiary alicyclic amines) is 2. The zero-order valence-corrected chi connectivity index (χ0v) is 19.2. The smallest absolute Gasteiger partial charge is 0.321 e. The number of benzene rings is 2. The lowest BCUT2D eigenvalue weighted by Gasteiger charge is -2.33. The number of carbonyl (C=O) groups excluding carboxylic acids is 2. The third-order valence-corrected chi connectivity index (χ3v) is 6.82. The zero-order valence-electron chi connectivity index (χ0n) is 19.2. The van der Waals surface area contributed by atoms with Crippen LogP contribution in [0.2, 0.25) is 0 Å². The Hall–Kier alpha value is -2.82. The van der Waals surface area contributed by atoms with Gasteiger partial charge in [0, 0.05) is 43.3 Å². The molecule has 0 aliphatic carbocycles. The number of piperidine rings is 1. The Bertz CT molecular complexity index is 917. The molecule has 5 nitrogen and oxygen atoms in total. The van der Waals surface area contributed by atoms with E-state index in [1.165, 1.54) is 18.4 Å². The fourth-order valence-electron chi connectivity index (χ4n) is 4.84. The van der Waals surface area contributed by atoms with Gasteiger partial charge < -0.3 is 15.1 Å². The van der Waals surface area contributed by atoms with Gasteiger partial charge in [-0.2, -0.15) is 0 Å². The maximum Gasteiger partial charge on any atom is 0.321 e. The van der Waals surface area contributed by atoms with Crippen LogP contribution >= 0.6 is 0 Å². The van der Waals surface area contributed by atoms with Gasteiger partial charge in [-0.25, -0.2) is 4.79 Å². The molecule has 2 saturated heterocycles. The molecule has 2 heterocycles. The fourth-order valence-corrected chi connectivity index (χ4v) is 4.84. The highest BCUT2D eigenvalue weighted by Gasteiger charge is 2.26. The molecule has 1 unspecified atom stereocenters. The van der Waals surface area contributed by atoms with Crippen LogP contribution in [0.1, 0.15) is 72.9 Å². The van der Waals surface area contributed by atoms with E-state index in [1.54, 1.807) is 0 Å². The predicted molar refractivity (Wildman–Crippen MR) is 129 cm³/mol. The van der Waals surface area contributed by atoms with Crippen molar-refractivity contribution in [2.24, 2.45) is 0 Å². The van der Waals surface area contributed by atoms with Crippen molar-refractivity contribution in [3.8, 4) is 0 Å². The molecule has 0 bridgehead atoms. The summed E-state index contributed by atoms with van der Waals surface area (Å²) in [6.45, 7) is 5.29. The Kier molecular flexibility index (Phi) is 7.46. The van der Waals surface area contributed by atoms with Gasteiger partial charge in [0.1, 0.15) is 0 Å². The third-order valence-electron chi connectivity index (χ3n) is 6.82. The normalized spacial score (nSPS) is 19.3. The predicted octanol–water partition coefficient (Wildman–Crippen LogP) is 5.68. The van der Waals surface area contributed by atoms with Crippen LogP contribution in [0.5, 0.6) is 0 Å². The maximum absolute atomic E-state index is 13.1. The number of carbonyl (C=O) groups is 2. The first kappa shape index (κ1) is 22.4. The maximum atomic E-state index is 13.1. The largest absolute Gasteiger partial charge is 0.339 e. The minimum absolute atomic E-state index is 0.0456. The van der Waals surface area contributed by atoms with Crippen molar-refractivity contribution in [1.29, 1.82) is 0 Å². The first-order valence-electron chi connectivity index (χ1n) is 12.2. The van der Waals surface area contributed by atoms with Crippen molar-refractivity contribution in [2.45, 2.75) is 57.8 Å². The van der Waals surface area contributed by atoms with Gasteiger partial charge in [-0.1, -0.05) is 44.0 Å². The molecule has 1 atom stereocenters. The number of hydrogen-bond acceptors (Lipinski definition) is 2. The molecule has 5 heteroatoms. The lowest BCUT2D eigenvalue weighted by Crippen LogP contribution is -2.41. The van der Waals surface area contributed by atoms with E-state index in [2.05, 4.69) is 36.5 Å². The van der Waals surface area contributed by atoms with Gasteiger partial charge in [0.15, 0.2) is 0 Å². The average molecular weight is 434 g/mol. The second-order valence-corrected chi connectivity index (χ2v) is 9.10. The summed E-state index contributed by atoms with van der Waals surface area (Å²) in [6.07, 6.45) is 7.62. The number of nitrogens with zero attached hydrogens (tertiary/aromatic N) is 2. The number of aryl methyl sites for hydroxylation is 1. The number of nitrogens with one attached hydrogen (secondary N) is 1. The Morgan fingerprint density at radius 3 is 2.34 bits per heavy atom. The Morgan fingerprint density at radius 1 is 0.906 bits per heavy atom. The van der Waals surface area contributed by atoms with Gasteiger partial charge in [-0.05, 0) is 67.5 Å². The van der Waals surface area contributed by atoms with Crippen LogP contribution in [0.4, 0.5) is 10.5 Å². The Labute approximate surface area is 191 Å². The summed E-state index contributed by atoms with van der Waals surface area (Å²) in [5.41, 5.74) is 4.03. The molecule has 170 valence electrons. The van der Waals surface area contributed by atoms with Crippen LogP contribution in [0.3, 0.4) is 0 Å². The molecule has 2 fully saturated rings. The molecule has 0 saturated carbocycles. The zero-order chi connectivity index (χ0) is 22.3. The molecule has 3 amide bonds. The van der Waals surface area contributed by atoms with Gasteiger partial charge in [-0.15, -0.1) is 0 Å². The molecule has 2 aliphatic heterocycles. The molecule has 0 radical (unpaired) electrons. The van der Waals surface area contributed by atoms with Crippen LogP contribution in [0.25, 0.3) is 0 Å². The van der Waals surface area contributed by atoms with E-state index in [4.69, 9.17) is 0 Å². The molecule has 4 rings (SSSR count). The molecule has 32 heavy (non-hydrogen) atoms. The third kappa shape index (κ3) is 5.50. The van der Waals surface area contributed by atoms with Crippen LogP contribution in [-0.2, 0) is 6.42 Å². The molecule has 2 aromatic rings. The van der Waals surface area contributed by atoms with Crippen LogP contribution in [-0.4, -0.2) is 47.9 Å². The summed E-state index contributed by atoms with van der Waals surface area (Å²) in [5.74, 6) is 0.406. The number of rotatable bonds is 4. The minimum Gasteiger partial charge on any atom is -0.339 e. The lowest BCUT2D eigenvalue weighted by molar-refractivity contribution is 0.0761. The number of hydrogen-bond donors (Lipinski definition) is 1. The SMILES string of the molecule is CCc1ccc(NC(=O)N2CCCC(c3cccc(C(=O)N4CCCCCC4)c3)C2)cc1. The fraction of sp³-hybridized carbons (Fsp3) is 0.481. The summed E-state index contributed by atoms with van der Waals surface area (Å²) in [7, 11) is 0. The molecule has 0 aromatic heterocycles. The minimum atomic E-state index is -0.0456. The van der Waals surface area contributed by atoms with Gasteiger partial charge >= 0.3 is 6.03 Å². The first-order chi connectivity index (χ1) is 15.6. The molecular formula is C27H35N3O2.